The third-order valence-electron chi connectivity index (χ3n) is 3.25. The van der Waals surface area contributed by atoms with Gasteiger partial charge in [-0.05, 0) is 6.42 Å². The maximum absolute atomic E-state index is 11.7. The Hall–Kier alpha value is -0.710. The minimum absolute atomic E-state index is 0.0881. The maximum Gasteiger partial charge on any atom is 0.222 e. The van der Waals surface area contributed by atoms with Crippen LogP contribution in [0.2, 0.25) is 0 Å². The summed E-state index contributed by atoms with van der Waals surface area (Å²) < 4.78 is 0. The van der Waals surface area contributed by atoms with Gasteiger partial charge in [0.05, 0.1) is 13.1 Å². The fourth-order valence-corrected chi connectivity index (χ4v) is 3.94. The summed E-state index contributed by atoms with van der Waals surface area (Å²) in [6.45, 7) is 5.89. The first-order valence-corrected chi connectivity index (χ1v) is 6.77. The molecule has 1 spiro atoms. The molecule has 0 aromatic carbocycles. The lowest BCUT2D eigenvalue weighted by Gasteiger charge is -2.51. The van der Waals surface area contributed by atoms with Crippen molar-refractivity contribution in [2.75, 3.05) is 25.4 Å². The molecule has 0 unspecified atom stereocenters. The van der Waals surface area contributed by atoms with Gasteiger partial charge in [0.1, 0.15) is 4.87 Å². The van der Waals surface area contributed by atoms with Gasteiger partial charge in [0.2, 0.25) is 11.8 Å². The van der Waals surface area contributed by atoms with E-state index in [0.29, 0.717) is 6.42 Å². The second-order valence-electron chi connectivity index (χ2n) is 4.47. The molecule has 2 aliphatic rings. The summed E-state index contributed by atoms with van der Waals surface area (Å²) in [6.07, 6.45) is 1.52. The second-order valence-corrected chi connectivity index (χ2v) is 5.92. The molecule has 0 saturated carbocycles. The van der Waals surface area contributed by atoms with Crippen molar-refractivity contribution in [1.29, 1.82) is 0 Å². The molecule has 2 heterocycles. The zero-order chi connectivity index (χ0) is 11.8. The molecule has 5 heteroatoms. The van der Waals surface area contributed by atoms with E-state index in [9.17, 15) is 9.59 Å². The Bertz CT molecular complexity index is 313. The first kappa shape index (κ1) is 11.8. The van der Waals surface area contributed by atoms with Crippen LogP contribution in [-0.2, 0) is 9.59 Å². The minimum atomic E-state index is -0.0881. The van der Waals surface area contributed by atoms with Gasteiger partial charge in [-0.2, -0.15) is 0 Å². The van der Waals surface area contributed by atoms with E-state index < -0.39 is 0 Å². The van der Waals surface area contributed by atoms with E-state index in [-0.39, 0.29) is 16.7 Å². The van der Waals surface area contributed by atoms with Crippen molar-refractivity contribution in [3.05, 3.63) is 0 Å². The number of amides is 2. The zero-order valence-electron chi connectivity index (χ0n) is 9.86. The van der Waals surface area contributed by atoms with Gasteiger partial charge < -0.3 is 9.80 Å². The Morgan fingerprint density at radius 1 is 1.38 bits per heavy atom. The maximum atomic E-state index is 11.7. The second kappa shape index (κ2) is 4.28. The van der Waals surface area contributed by atoms with Crippen molar-refractivity contribution in [2.24, 2.45) is 0 Å². The number of rotatable bonds is 2. The molecule has 4 nitrogen and oxygen atoms in total. The number of nitrogens with zero attached hydrogens (tertiary/aromatic N) is 2. The third-order valence-corrected chi connectivity index (χ3v) is 4.65. The smallest absolute Gasteiger partial charge is 0.222 e. The summed E-state index contributed by atoms with van der Waals surface area (Å²) >= 11 is 1.82. The Morgan fingerprint density at radius 2 is 2.06 bits per heavy atom. The first-order valence-electron chi connectivity index (χ1n) is 5.79. The molecule has 0 aromatic rings. The van der Waals surface area contributed by atoms with Crippen molar-refractivity contribution < 1.29 is 9.59 Å². The van der Waals surface area contributed by atoms with E-state index in [1.165, 1.54) is 0 Å². The Morgan fingerprint density at radius 3 is 2.62 bits per heavy atom. The number of thioether (sulfide) groups is 1. The molecule has 0 radical (unpaired) electrons. The molecule has 0 atom stereocenters. The van der Waals surface area contributed by atoms with Crippen LogP contribution < -0.4 is 0 Å². The molecule has 2 saturated heterocycles. The number of carbonyl (C=O) groups is 2. The van der Waals surface area contributed by atoms with Crippen LogP contribution in [0.5, 0.6) is 0 Å². The summed E-state index contributed by atoms with van der Waals surface area (Å²) in [6, 6.07) is 0. The van der Waals surface area contributed by atoms with E-state index in [4.69, 9.17) is 0 Å². The predicted octanol–water partition coefficient (Wildman–Crippen LogP) is 0.920. The van der Waals surface area contributed by atoms with Crippen LogP contribution in [0.25, 0.3) is 0 Å². The Labute approximate surface area is 100 Å². The van der Waals surface area contributed by atoms with E-state index >= 15 is 0 Å². The van der Waals surface area contributed by atoms with Crippen LogP contribution in [0.4, 0.5) is 0 Å². The number of likely N-dealkylation sites (tertiary alicyclic amines) is 1. The van der Waals surface area contributed by atoms with Crippen molar-refractivity contribution in [3.8, 4) is 0 Å². The lowest BCUT2D eigenvalue weighted by molar-refractivity contribution is -0.147. The summed E-state index contributed by atoms with van der Waals surface area (Å²) in [5.74, 6) is 1.35. The summed E-state index contributed by atoms with van der Waals surface area (Å²) in [5.41, 5.74) is 0. The van der Waals surface area contributed by atoms with Crippen molar-refractivity contribution in [1.82, 2.24) is 9.80 Å². The molecular formula is C11H18N2O2S. The van der Waals surface area contributed by atoms with Gasteiger partial charge in [-0.25, -0.2) is 0 Å². The van der Waals surface area contributed by atoms with Crippen molar-refractivity contribution in [3.63, 3.8) is 0 Å². The fourth-order valence-electron chi connectivity index (χ4n) is 2.41. The Balaban J connectivity index is 1.95. The quantitative estimate of drug-likeness (QED) is 0.723. The lowest BCUT2D eigenvalue weighted by Crippen LogP contribution is -2.68. The number of hydrogen-bond acceptors (Lipinski definition) is 3. The summed E-state index contributed by atoms with van der Waals surface area (Å²) in [7, 11) is 0. The summed E-state index contributed by atoms with van der Waals surface area (Å²) in [5, 5.41) is 0. The van der Waals surface area contributed by atoms with Gasteiger partial charge in [0.15, 0.2) is 0 Å². The van der Waals surface area contributed by atoms with Crippen LogP contribution in [-0.4, -0.2) is 51.9 Å². The van der Waals surface area contributed by atoms with Gasteiger partial charge in [-0.15, -0.1) is 11.8 Å². The van der Waals surface area contributed by atoms with E-state index in [1.54, 1.807) is 6.92 Å². The normalized spacial score (nSPS) is 22.4. The van der Waals surface area contributed by atoms with Crippen LogP contribution in [0.3, 0.4) is 0 Å². The van der Waals surface area contributed by atoms with Crippen molar-refractivity contribution in [2.45, 2.75) is 31.6 Å². The van der Waals surface area contributed by atoms with Crippen LogP contribution >= 0.6 is 11.8 Å². The highest BCUT2D eigenvalue weighted by Gasteiger charge is 2.53. The van der Waals surface area contributed by atoms with Crippen molar-refractivity contribution >= 4 is 23.6 Å². The van der Waals surface area contributed by atoms with Gasteiger partial charge in [-0.3, -0.25) is 9.59 Å². The Kier molecular flexibility index (Phi) is 3.15. The number of carbonyl (C=O) groups excluding carboxylic acids is 2. The monoisotopic (exact) mass is 242 g/mol. The minimum Gasteiger partial charge on any atom is -0.336 e. The lowest BCUT2D eigenvalue weighted by atomic mass is 10.1. The molecule has 0 aliphatic carbocycles. The molecule has 2 fully saturated rings. The molecule has 0 bridgehead atoms. The topological polar surface area (TPSA) is 40.6 Å². The molecular weight excluding hydrogens is 224 g/mol. The molecule has 2 amide bonds. The third kappa shape index (κ3) is 1.81. The highest BCUT2D eigenvalue weighted by molar-refractivity contribution is 8.01. The highest BCUT2D eigenvalue weighted by atomic mass is 32.2. The molecule has 2 rings (SSSR count). The molecule has 16 heavy (non-hydrogen) atoms. The molecule has 2 aliphatic heterocycles. The van der Waals surface area contributed by atoms with Crippen LogP contribution in [0, 0.1) is 0 Å². The highest BCUT2D eigenvalue weighted by Crippen LogP contribution is 2.43. The van der Waals surface area contributed by atoms with Gasteiger partial charge in [0.25, 0.3) is 0 Å². The molecule has 0 N–H and O–H groups in total. The van der Waals surface area contributed by atoms with Gasteiger partial charge >= 0.3 is 0 Å². The van der Waals surface area contributed by atoms with E-state index in [1.807, 2.05) is 28.5 Å². The average molecular weight is 242 g/mol. The zero-order valence-corrected chi connectivity index (χ0v) is 10.7. The number of hydrogen-bond donors (Lipinski definition) is 0. The molecule has 0 aromatic heterocycles. The standard InChI is InChI=1S/C11H18N2O2S/c1-3-4-10(15)12-7-11(8-12)13(9(2)14)5-6-16-11/h3-8H2,1-2H3. The SMILES string of the molecule is CCCC(=O)N1CC2(C1)SCCN2C(C)=O. The van der Waals surface area contributed by atoms with Gasteiger partial charge in [0, 0.05) is 25.6 Å². The van der Waals surface area contributed by atoms with E-state index in [2.05, 4.69) is 0 Å². The predicted molar refractivity (Wildman–Crippen MR) is 64.1 cm³/mol. The van der Waals surface area contributed by atoms with E-state index in [0.717, 1.165) is 31.8 Å². The molecule has 90 valence electrons. The first-order chi connectivity index (χ1) is 7.59. The largest absolute Gasteiger partial charge is 0.336 e. The summed E-state index contributed by atoms with van der Waals surface area (Å²) in [4.78, 5) is 26.8. The van der Waals surface area contributed by atoms with Crippen LogP contribution in [0.1, 0.15) is 26.7 Å². The fraction of sp³-hybridized carbons (Fsp3) is 0.818. The average Bonchev–Trinajstić information content (AvgIpc) is 2.59. The van der Waals surface area contributed by atoms with Gasteiger partial charge in [-0.1, -0.05) is 6.92 Å². The van der Waals surface area contributed by atoms with Crippen LogP contribution in [0.15, 0.2) is 0 Å².